The van der Waals surface area contributed by atoms with Crippen LogP contribution >= 0.6 is 11.3 Å². The Balaban J connectivity index is 2.09. The normalized spacial score (nSPS) is 15.2. The molecule has 1 aromatic rings. The predicted molar refractivity (Wildman–Crippen MR) is 93.4 cm³/mol. The van der Waals surface area contributed by atoms with Gasteiger partial charge in [-0.25, -0.2) is 4.98 Å². The van der Waals surface area contributed by atoms with Gasteiger partial charge in [0.1, 0.15) is 0 Å². The summed E-state index contributed by atoms with van der Waals surface area (Å²) in [6, 6.07) is 0.611. The molecule has 1 aromatic heterocycles. The maximum Gasteiger partial charge on any atom is 0.185 e. The van der Waals surface area contributed by atoms with Crippen LogP contribution in [0, 0.1) is 5.92 Å². The zero-order valence-corrected chi connectivity index (χ0v) is 15.1. The van der Waals surface area contributed by atoms with Crippen LogP contribution in [0.15, 0.2) is 0 Å². The van der Waals surface area contributed by atoms with E-state index in [0.29, 0.717) is 12.0 Å². The first-order valence-corrected chi connectivity index (χ1v) is 9.31. The number of hydrogen-bond donors (Lipinski definition) is 1. The van der Waals surface area contributed by atoms with E-state index in [-0.39, 0.29) is 0 Å². The van der Waals surface area contributed by atoms with Crippen molar-refractivity contribution in [1.82, 2.24) is 10.3 Å². The summed E-state index contributed by atoms with van der Waals surface area (Å²) in [5.41, 5.74) is 1.38. The summed E-state index contributed by atoms with van der Waals surface area (Å²) in [7, 11) is 2.21. The Morgan fingerprint density at radius 2 is 1.95 bits per heavy atom. The molecule has 1 saturated carbocycles. The highest BCUT2D eigenvalue weighted by Gasteiger charge is 2.30. The third-order valence-electron chi connectivity index (χ3n) is 4.31. The van der Waals surface area contributed by atoms with E-state index in [1.54, 1.807) is 0 Å². The molecule has 0 radical (unpaired) electrons. The SMILES string of the molecule is CCC(CC)N(C)c1nc(C2CC2)c(CNCC(C)C)s1. The van der Waals surface area contributed by atoms with Gasteiger partial charge in [0.15, 0.2) is 5.13 Å². The van der Waals surface area contributed by atoms with Crippen molar-refractivity contribution in [3.63, 3.8) is 0 Å². The summed E-state index contributed by atoms with van der Waals surface area (Å²) >= 11 is 1.90. The monoisotopic (exact) mass is 309 g/mol. The van der Waals surface area contributed by atoms with Gasteiger partial charge in [0.25, 0.3) is 0 Å². The lowest BCUT2D eigenvalue weighted by Crippen LogP contribution is -2.30. The molecule has 1 fully saturated rings. The van der Waals surface area contributed by atoms with Crippen molar-refractivity contribution >= 4 is 16.5 Å². The lowest BCUT2D eigenvalue weighted by atomic mass is 10.1. The van der Waals surface area contributed by atoms with Gasteiger partial charge in [-0.1, -0.05) is 27.7 Å². The molecule has 0 spiro atoms. The highest BCUT2D eigenvalue weighted by molar-refractivity contribution is 7.15. The molecule has 2 rings (SSSR count). The van der Waals surface area contributed by atoms with Gasteiger partial charge in [-0.15, -0.1) is 11.3 Å². The minimum atomic E-state index is 0.611. The van der Waals surface area contributed by atoms with E-state index in [4.69, 9.17) is 4.98 Å². The van der Waals surface area contributed by atoms with Gasteiger partial charge in [0.05, 0.1) is 5.69 Å². The first-order chi connectivity index (χ1) is 10.1. The summed E-state index contributed by atoms with van der Waals surface area (Å²) in [6.07, 6.45) is 5.03. The molecule has 3 nitrogen and oxygen atoms in total. The van der Waals surface area contributed by atoms with Crippen LogP contribution in [0.5, 0.6) is 0 Å². The predicted octanol–water partition coefficient (Wildman–Crippen LogP) is 4.39. The largest absolute Gasteiger partial charge is 0.348 e. The average molecular weight is 310 g/mol. The first kappa shape index (κ1) is 16.8. The molecule has 0 aliphatic heterocycles. The second-order valence-electron chi connectivity index (χ2n) is 6.69. The fourth-order valence-electron chi connectivity index (χ4n) is 2.77. The molecule has 0 aromatic carbocycles. The van der Waals surface area contributed by atoms with Gasteiger partial charge in [-0.2, -0.15) is 0 Å². The number of nitrogens with zero attached hydrogens (tertiary/aromatic N) is 2. The molecule has 21 heavy (non-hydrogen) atoms. The van der Waals surface area contributed by atoms with Gasteiger partial charge in [-0.3, -0.25) is 0 Å². The van der Waals surface area contributed by atoms with E-state index in [9.17, 15) is 0 Å². The number of aromatic nitrogens is 1. The Morgan fingerprint density at radius 1 is 1.29 bits per heavy atom. The van der Waals surface area contributed by atoms with Crippen molar-refractivity contribution in [2.45, 2.75) is 71.9 Å². The molecule has 4 heteroatoms. The van der Waals surface area contributed by atoms with Crippen LogP contribution < -0.4 is 10.2 Å². The van der Waals surface area contributed by atoms with Gasteiger partial charge >= 0.3 is 0 Å². The fraction of sp³-hybridized carbons (Fsp3) is 0.824. The lowest BCUT2D eigenvalue weighted by Gasteiger charge is -2.25. The van der Waals surface area contributed by atoms with Crippen molar-refractivity contribution in [1.29, 1.82) is 0 Å². The van der Waals surface area contributed by atoms with Crippen molar-refractivity contribution in [3.8, 4) is 0 Å². The number of thiazole rings is 1. The maximum atomic E-state index is 4.99. The van der Waals surface area contributed by atoms with E-state index in [1.807, 2.05) is 11.3 Å². The van der Waals surface area contributed by atoms with Crippen LogP contribution in [0.1, 0.15) is 69.9 Å². The van der Waals surface area contributed by atoms with Crippen molar-refractivity contribution in [2.24, 2.45) is 5.92 Å². The molecule has 1 aliphatic carbocycles. The molecule has 0 unspecified atom stereocenters. The number of hydrogen-bond acceptors (Lipinski definition) is 4. The van der Waals surface area contributed by atoms with Crippen molar-refractivity contribution in [3.05, 3.63) is 10.6 Å². The second kappa shape index (κ2) is 7.59. The van der Waals surface area contributed by atoms with Crippen LogP contribution in [-0.2, 0) is 6.54 Å². The highest BCUT2D eigenvalue weighted by atomic mass is 32.1. The van der Waals surface area contributed by atoms with E-state index < -0.39 is 0 Å². The summed E-state index contributed by atoms with van der Waals surface area (Å²) in [4.78, 5) is 8.85. The van der Waals surface area contributed by atoms with E-state index in [0.717, 1.165) is 19.0 Å². The molecule has 0 saturated heterocycles. The standard InChI is InChI=1S/C17H31N3S/c1-6-14(7-2)20(5)17-19-16(13-8-9-13)15(21-17)11-18-10-12(3)4/h12-14,18H,6-11H2,1-5H3. The van der Waals surface area contributed by atoms with Crippen LogP contribution in [0.2, 0.25) is 0 Å². The maximum absolute atomic E-state index is 4.99. The summed E-state index contributed by atoms with van der Waals surface area (Å²) in [5, 5.41) is 4.80. The molecular formula is C17H31N3S. The number of anilines is 1. The molecule has 120 valence electrons. The lowest BCUT2D eigenvalue weighted by molar-refractivity contribution is 0.553. The molecule has 0 atom stereocenters. The topological polar surface area (TPSA) is 28.2 Å². The third kappa shape index (κ3) is 4.43. The van der Waals surface area contributed by atoms with Crippen molar-refractivity contribution in [2.75, 3.05) is 18.5 Å². The quantitative estimate of drug-likeness (QED) is 0.733. The average Bonchev–Trinajstić information content (AvgIpc) is 3.20. The number of nitrogens with one attached hydrogen (secondary N) is 1. The van der Waals surface area contributed by atoms with Crippen LogP contribution in [0.4, 0.5) is 5.13 Å². The Labute approximate surface area is 134 Å². The highest BCUT2D eigenvalue weighted by Crippen LogP contribution is 2.44. The minimum Gasteiger partial charge on any atom is -0.348 e. The molecule has 1 N–H and O–H groups in total. The van der Waals surface area contributed by atoms with E-state index in [2.05, 4.69) is 45.0 Å². The third-order valence-corrected chi connectivity index (χ3v) is 5.47. The van der Waals surface area contributed by atoms with E-state index in [1.165, 1.54) is 41.4 Å². The molecule has 0 amide bonds. The molecule has 0 bridgehead atoms. The zero-order chi connectivity index (χ0) is 15.4. The zero-order valence-electron chi connectivity index (χ0n) is 14.3. The van der Waals surface area contributed by atoms with Crippen LogP contribution in [0.3, 0.4) is 0 Å². The second-order valence-corrected chi connectivity index (χ2v) is 7.75. The van der Waals surface area contributed by atoms with E-state index >= 15 is 0 Å². The Hall–Kier alpha value is -0.610. The fourth-order valence-corrected chi connectivity index (χ4v) is 3.92. The summed E-state index contributed by atoms with van der Waals surface area (Å²) in [6.45, 7) is 11.1. The van der Waals surface area contributed by atoms with Crippen LogP contribution in [-0.4, -0.2) is 24.6 Å². The molecule has 1 aliphatic rings. The Bertz CT molecular complexity index is 433. The first-order valence-electron chi connectivity index (χ1n) is 8.49. The summed E-state index contributed by atoms with van der Waals surface area (Å²) < 4.78 is 0. The van der Waals surface area contributed by atoms with Gasteiger partial charge in [0.2, 0.25) is 0 Å². The summed E-state index contributed by atoms with van der Waals surface area (Å²) in [5.74, 6) is 1.44. The van der Waals surface area contributed by atoms with Gasteiger partial charge in [0, 0.05) is 30.4 Å². The molecule has 1 heterocycles. The Kier molecular flexibility index (Phi) is 6.06. The van der Waals surface area contributed by atoms with Crippen molar-refractivity contribution < 1.29 is 0 Å². The molecular weight excluding hydrogens is 278 g/mol. The van der Waals surface area contributed by atoms with Gasteiger partial charge in [-0.05, 0) is 38.1 Å². The van der Waals surface area contributed by atoms with Gasteiger partial charge < -0.3 is 10.2 Å². The number of rotatable bonds is 9. The Morgan fingerprint density at radius 3 is 2.48 bits per heavy atom. The minimum absolute atomic E-state index is 0.611. The van der Waals surface area contributed by atoms with Crippen LogP contribution in [0.25, 0.3) is 0 Å². The smallest absolute Gasteiger partial charge is 0.185 e.